The molecule has 1 aromatic heterocycles. The third kappa shape index (κ3) is 2.42. The summed E-state index contributed by atoms with van der Waals surface area (Å²) < 4.78 is 26.7. The highest BCUT2D eigenvalue weighted by atomic mass is 35.5. The normalized spacial score (nSPS) is 12.4. The van der Waals surface area contributed by atoms with Gasteiger partial charge < -0.3 is 11.5 Å². The van der Waals surface area contributed by atoms with Gasteiger partial charge in [-0.25, -0.2) is 13.8 Å². The average molecular weight is 270 g/mol. The molecule has 0 aliphatic carbocycles. The molecule has 0 fully saturated rings. The summed E-state index contributed by atoms with van der Waals surface area (Å²) in [5.74, 6) is -1.05. The lowest BCUT2D eigenvalue weighted by Crippen LogP contribution is -2.16. The van der Waals surface area contributed by atoms with E-state index in [9.17, 15) is 8.78 Å². The topological polar surface area (TPSA) is 64.9 Å². The van der Waals surface area contributed by atoms with E-state index in [-0.39, 0.29) is 11.4 Å². The number of pyridine rings is 1. The minimum Gasteiger partial charge on any atom is -0.383 e. The first-order valence-corrected chi connectivity index (χ1v) is 5.48. The Morgan fingerprint density at radius 1 is 1.17 bits per heavy atom. The Hall–Kier alpha value is -1.72. The van der Waals surface area contributed by atoms with E-state index < -0.39 is 17.7 Å². The van der Waals surface area contributed by atoms with Crippen LogP contribution in [0.1, 0.15) is 17.2 Å². The summed E-state index contributed by atoms with van der Waals surface area (Å²) in [6.07, 6.45) is 1.36. The molecular weight excluding hydrogens is 260 g/mol. The zero-order valence-corrected chi connectivity index (χ0v) is 9.96. The molecule has 0 saturated heterocycles. The highest BCUT2D eigenvalue weighted by Crippen LogP contribution is 2.27. The molecule has 0 saturated carbocycles. The van der Waals surface area contributed by atoms with Crippen molar-refractivity contribution in [1.82, 2.24) is 4.98 Å². The first-order chi connectivity index (χ1) is 8.49. The standard InChI is InChI=1S/C12H10ClF2N3/c13-6-3-9(12(17)18-5-6)11(16)8-4-7(14)1-2-10(8)15/h1-5,11H,16H2,(H2,17,18). The molecule has 0 spiro atoms. The fraction of sp³-hybridized carbons (Fsp3) is 0.0833. The van der Waals surface area contributed by atoms with Gasteiger partial charge in [-0.1, -0.05) is 11.6 Å². The van der Waals surface area contributed by atoms with E-state index in [0.717, 1.165) is 18.2 Å². The van der Waals surface area contributed by atoms with E-state index in [1.165, 1.54) is 12.3 Å². The van der Waals surface area contributed by atoms with Crippen LogP contribution < -0.4 is 11.5 Å². The van der Waals surface area contributed by atoms with Gasteiger partial charge in [-0.3, -0.25) is 0 Å². The number of hydrogen-bond acceptors (Lipinski definition) is 3. The van der Waals surface area contributed by atoms with Gasteiger partial charge in [0.15, 0.2) is 0 Å². The largest absolute Gasteiger partial charge is 0.383 e. The van der Waals surface area contributed by atoms with Crippen molar-refractivity contribution in [2.45, 2.75) is 6.04 Å². The molecule has 0 bridgehead atoms. The molecule has 2 rings (SSSR count). The first kappa shape index (κ1) is 12.7. The summed E-state index contributed by atoms with van der Waals surface area (Å²) in [7, 11) is 0. The maximum Gasteiger partial charge on any atom is 0.128 e. The molecule has 6 heteroatoms. The van der Waals surface area contributed by atoms with Crippen LogP contribution in [0, 0.1) is 11.6 Å². The summed E-state index contributed by atoms with van der Waals surface area (Å²) >= 11 is 5.78. The first-order valence-electron chi connectivity index (χ1n) is 5.10. The predicted molar refractivity (Wildman–Crippen MR) is 66.0 cm³/mol. The second-order valence-electron chi connectivity index (χ2n) is 3.77. The Morgan fingerprint density at radius 2 is 1.89 bits per heavy atom. The Kier molecular flexibility index (Phi) is 3.45. The highest BCUT2D eigenvalue weighted by molar-refractivity contribution is 6.30. The van der Waals surface area contributed by atoms with Gasteiger partial charge in [0, 0.05) is 17.3 Å². The van der Waals surface area contributed by atoms with Gasteiger partial charge in [0.05, 0.1) is 11.1 Å². The third-order valence-electron chi connectivity index (χ3n) is 2.54. The molecule has 0 aliphatic heterocycles. The fourth-order valence-electron chi connectivity index (χ4n) is 1.64. The summed E-state index contributed by atoms with van der Waals surface area (Å²) in [6.45, 7) is 0. The number of benzene rings is 1. The second-order valence-corrected chi connectivity index (χ2v) is 4.21. The fourth-order valence-corrected chi connectivity index (χ4v) is 1.80. The SMILES string of the molecule is Nc1ncc(Cl)cc1C(N)c1cc(F)ccc1F. The maximum atomic E-state index is 13.6. The van der Waals surface area contributed by atoms with Gasteiger partial charge >= 0.3 is 0 Å². The molecule has 18 heavy (non-hydrogen) atoms. The van der Waals surface area contributed by atoms with Crippen LogP contribution in [0.15, 0.2) is 30.5 Å². The maximum absolute atomic E-state index is 13.6. The number of aromatic nitrogens is 1. The van der Waals surface area contributed by atoms with Gasteiger partial charge in [-0.2, -0.15) is 0 Å². The van der Waals surface area contributed by atoms with Crippen LogP contribution in [0.5, 0.6) is 0 Å². The zero-order chi connectivity index (χ0) is 13.3. The van der Waals surface area contributed by atoms with Crippen LogP contribution in [-0.4, -0.2) is 4.98 Å². The van der Waals surface area contributed by atoms with E-state index in [0.29, 0.717) is 10.6 Å². The Morgan fingerprint density at radius 3 is 2.61 bits per heavy atom. The van der Waals surface area contributed by atoms with E-state index in [1.807, 2.05) is 0 Å². The summed E-state index contributed by atoms with van der Waals surface area (Å²) in [4.78, 5) is 3.83. The van der Waals surface area contributed by atoms with Gasteiger partial charge in [0.1, 0.15) is 17.5 Å². The van der Waals surface area contributed by atoms with Crippen molar-refractivity contribution in [3.63, 3.8) is 0 Å². The molecule has 4 N–H and O–H groups in total. The lowest BCUT2D eigenvalue weighted by molar-refractivity contribution is 0.576. The average Bonchev–Trinajstić information content (AvgIpc) is 2.34. The molecule has 1 unspecified atom stereocenters. The molecule has 1 heterocycles. The van der Waals surface area contributed by atoms with Crippen molar-refractivity contribution in [3.05, 3.63) is 58.2 Å². The van der Waals surface area contributed by atoms with E-state index >= 15 is 0 Å². The molecule has 0 aliphatic rings. The molecule has 2 aromatic rings. The van der Waals surface area contributed by atoms with Crippen LogP contribution in [0.4, 0.5) is 14.6 Å². The molecule has 94 valence electrons. The van der Waals surface area contributed by atoms with Gasteiger partial charge in [0.2, 0.25) is 0 Å². The minimum absolute atomic E-state index is 0.00534. The Labute approximate surface area is 107 Å². The van der Waals surface area contributed by atoms with Crippen molar-refractivity contribution in [2.75, 3.05) is 5.73 Å². The van der Waals surface area contributed by atoms with Crippen LogP contribution >= 0.6 is 11.6 Å². The molecule has 1 atom stereocenters. The van der Waals surface area contributed by atoms with Crippen molar-refractivity contribution >= 4 is 17.4 Å². The number of anilines is 1. The minimum atomic E-state index is -0.924. The van der Waals surface area contributed by atoms with Crippen molar-refractivity contribution in [3.8, 4) is 0 Å². The lowest BCUT2D eigenvalue weighted by Gasteiger charge is -2.15. The second kappa shape index (κ2) is 4.88. The van der Waals surface area contributed by atoms with Crippen LogP contribution in [0.3, 0.4) is 0 Å². The summed E-state index contributed by atoms with van der Waals surface area (Å²) in [5, 5.41) is 0.325. The van der Waals surface area contributed by atoms with Crippen LogP contribution in [0.2, 0.25) is 5.02 Å². The van der Waals surface area contributed by atoms with E-state index in [2.05, 4.69) is 4.98 Å². The van der Waals surface area contributed by atoms with Crippen LogP contribution in [0.25, 0.3) is 0 Å². The van der Waals surface area contributed by atoms with Crippen LogP contribution in [-0.2, 0) is 0 Å². The van der Waals surface area contributed by atoms with Crippen molar-refractivity contribution in [1.29, 1.82) is 0 Å². The smallest absolute Gasteiger partial charge is 0.128 e. The monoisotopic (exact) mass is 269 g/mol. The molecular formula is C12H10ClF2N3. The van der Waals surface area contributed by atoms with Gasteiger partial charge in [-0.15, -0.1) is 0 Å². The Balaban J connectivity index is 2.50. The quantitative estimate of drug-likeness (QED) is 0.881. The third-order valence-corrected chi connectivity index (χ3v) is 2.75. The number of rotatable bonds is 2. The predicted octanol–water partition coefficient (Wildman–Crippen LogP) is 2.64. The number of nitrogen functional groups attached to an aromatic ring is 1. The Bertz CT molecular complexity index is 538. The molecule has 3 nitrogen and oxygen atoms in total. The zero-order valence-electron chi connectivity index (χ0n) is 9.20. The van der Waals surface area contributed by atoms with E-state index in [4.69, 9.17) is 23.1 Å². The van der Waals surface area contributed by atoms with Crippen molar-refractivity contribution in [2.24, 2.45) is 5.73 Å². The van der Waals surface area contributed by atoms with E-state index in [1.54, 1.807) is 0 Å². The molecule has 0 radical (unpaired) electrons. The molecule has 1 aromatic carbocycles. The van der Waals surface area contributed by atoms with Gasteiger partial charge in [-0.05, 0) is 24.3 Å². The lowest BCUT2D eigenvalue weighted by atomic mass is 9.99. The number of hydrogen-bond donors (Lipinski definition) is 2. The molecule has 0 amide bonds. The summed E-state index contributed by atoms with van der Waals surface area (Å²) in [6, 6.07) is 3.62. The summed E-state index contributed by atoms with van der Waals surface area (Å²) in [5.41, 5.74) is 11.9. The van der Waals surface area contributed by atoms with Gasteiger partial charge in [0.25, 0.3) is 0 Å². The number of halogens is 3. The highest BCUT2D eigenvalue weighted by Gasteiger charge is 2.18. The van der Waals surface area contributed by atoms with Crippen molar-refractivity contribution < 1.29 is 8.78 Å². The number of nitrogens with two attached hydrogens (primary N) is 2. The number of nitrogens with zero attached hydrogens (tertiary/aromatic N) is 1.